The Morgan fingerprint density at radius 2 is 1.91 bits per heavy atom. The first-order chi connectivity index (χ1) is 16.9. The topological polar surface area (TPSA) is 80.9 Å². The normalized spacial score (nSPS) is 11.7. The average Bonchev–Trinajstić information content (AvgIpc) is 3.35. The number of benzene rings is 2. The molecule has 0 aliphatic heterocycles. The molecule has 6 nitrogen and oxygen atoms in total. The van der Waals surface area contributed by atoms with Crippen molar-refractivity contribution in [3.05, 3.63) is 76.2 Å². The van der Waals surface area contributed by atoms with Crippen molar-refractivity contribution >= 4 is 24.2 Å². The average molecular weight is 563 g/mol. The highest BCUT2D eigenvalue weighted by Gasteiger charge is 2.12. The monoisotopic (exact) mass is 562 g/mol. The zero-order valence-corrected chi connectivity index (χ0v) is 22.8. The molecule has 3 aromatic rings. The van der Waals surface area contributed by atoms with E-state index in [-0.39, 0.29) is 6.61 Å². The Labute approximate surface area is 217 Å². The molecule has 2 N–H and O–H groups in total. The molecule has 1 heterocycles. The van der Waals surface area contributed by atoms with Gasteiger partial charge in [0, 0.05) is 26.7 Å². The lowest BCUT2D eigenvalue weighted by Gasteiger charge is -2.13. The molecule has 2 aromatic carbocycles. The van der Waals surface area contributed by atoms with Crippen LogP contribution in [0.4, 0.5) is 0 Å². The number of ether oxygens (including phenoxy) is 1. The Kier molecular flexibility index (Phi) is 11.4. The fourth-order valence-corrected chi connectivity index (χ4v) is 4.71. The lowest BCUT2D eigenvalue weighted by Crippen LogP contribution is -2.16. The standard InChI is InChI=1S/C27H33BrNO5P/c1-20(2)15-23-8-6-21(17-26(23)28)5-3-12-33-27-9-7-22(16-25(27)24-10-14-32-19-24)18-29-11-4-13-34-35(30)31/h6-10,14,16-17,19-20,29H,3-5,11-13,15,18H2,1-2H3/p+1. The lowest BCUT2D eigenvalue weighted by molar-refractivity contribution is 0.276. The lowest BCUT2D eigenvalue weighted by atomic mass is 10.0. The molecule has 0 radical (unpaired) electrons. The van der Waals surface area contributed by atoms with Crippen LogP contribution in [0.5, 0.6) is 5.75 Å². The molecule has 0 aliphatic carbocycles. The third-order valence-electron chi connectivity index (χ3n) is 5.52. The fourth-order valence-electron chi connectivity index (χ4n) is 3.84. The highest BCUT2D eigenvalue weighted by atomic mass is 79.9. The van der Waals surface area contributed by atoms with Crippen molar-refractivity contribution in [2.45, 2.75) is 46.1 Å². The highest BCUT2D eigenvalue weighted by molar-refractivity contribution is 9.10. The Balaban J connectivity index is 1.53. The van der Waals surface area contributed by atoms with Gasteiger partial charge in [0.15, 0.2) is 0 Å². The van der Waals surface area contributed by atoms with Gasteiger partial charge in [0.1, 0.15) is 12.4 Å². The van der Waals surface area contributed by atoms with Gasteiger partial charge in [-0.3, -0.25) is 0 Å². The second-order valence-electron chi connectivity index (χ2n) is 8.92. The molecule has 0 amide bonds. The number of furan rings is 1. The molecular formula is C27H34BrNO5P+. The van der Waals surface area contributed by atoms with Crippen molar-refractivity contribution in [3.8, 4) is 16.9 Å². The first kappa shape index (κ1) is 27.6. The largest absolute Gasteiger partial charge is 0.694 e. The summed E-state index contributed by atoms with van der Waals surface area (Å²) in [6, 6.07) is 14.8. The number of rotatable bonds is 15. The Hall–Kier alpha value is -2.02. The van der Waals surface area contributed by atoms with Crippen LogP contribution in [0.25, 0.3) is 11.1 Å². The van der Waals surface area contributed by atoms with E-state index >= 15 is 0 Å². The second-order valence-corrected chi connectivity index (χ2v) is 10.5. The molecule has 3 rings (SSSR count). The maximum Gasteiger partial charge on any atom is 0.694 e. The van der Waals surface area contributed by atoms with Crippen LogP contribution in [-0.4, -0.2) is 24.7 Å². The summed E-state index contributed by atoms with van der Waals surface area (Å²) in [7, 11) is -2.52. The second kappa shape index (κ2) is 14.5. The van der Waals surface area contributed by atoms with E-state index in [0.29, 0.717) is 32.0 Å². The van der Waals surface area contributed by atoms with Crippen LogP contribution >= 0.6 is 24.2 Å². The quantitative estimate of drug-likeness (QED) is 0.152. The summed E-state index contributed by atoms with van der Waals surface area (Å²) in [6.45, 7) is 6.72. The van der Waals surface area contributed by atoms with E-state index < -0.39 is 8.25 Å². The van der Waals surface area contributed by atoms with Gasteiger partial charge in [-0.05, 0) is 79.1 Å². The predicted octanol–water partition coefficient (Wildman–Crippen LogP) is 7.07. The van der Waals surface area contributed by atoms with E-state index in [1.807, 2.05) is 12.1 Å². The van der Waals surface area contributed by atoms with Gasteiger partial charge in [0.2, 0.25) is 0 Å². The minimum Gasteiger partial charge on any atom is -0.493 e. The van der Waals surface area contributed by atoms with Crippen molar-refractivity contribution in [2.24, 2.45) is 5.92 Å². The van der Waals surface area contributed by atoms with Crippen LogP contribution in [0.1, 0.15) is 43.4 Å². The summed E-state index contributed by atoms with van der Waals surface area (Å²) < 4.78 is 27.9. The Morgan fingerprint density at radius 1 is 1.09 bits per heavy atom. The van der Waals surface area contributed by atoms with Gasteiger partial charge in [0.05, 0.1) is 19.1 Å². The van der Waals surface area contributed by atoms with Crippen LogP contribution in [-0.2, 0) is 28.5 Å². The molecule has 0 fully saturated rings. The molecule has 35 heavy (non-hydrogen) atoms. The number of aryl methyl sites for hydroxylation is 1. The highest BCUT2D eigenvalue weighted by Crippen LogP contribution is 2.32. The van der Waals surface area contributed by atoms with Crippen LogP contribution in [0, 0.1) is 5.92 Å². The zero-order chi connectivity index (χ0) is 25.0. The summed E-state index contributed by atoms with van der Waals surface area (Å²) in [6.07, 6.45) is 7.00. The summed E-state index contributed by atoms with van der Waals surface area (Å²) >= 11 is 3.72. The van der Waals surface area contributed by atoms with E-state index in [2.05, 4.69) is 69.9 Å². The van der Waals surface area contributed by atoms with Gasteiger partial charge in [0.25, 0.3) is 0 Å². The molecule has 188 valence electrons. The molecule has 0 saturated heterocycles. The molecule has 0 bridgehead atoms. The van der Waals surface area contributed by atoms with Gasteiger partial charge >= 0.3 is 8.25 Å². The SMILES string of the molecule is CC(C)Cc1ccc(CCCOc2ccc(CNCCCO[P+](=O)O)cc2-c2ccoc2)cc1Br. The van der Waals surface area contributed by atoms with Gasteiger partial charge in [-0.25, -0.2) is 0 Å². The molecule has 1 unspecified atom stereocenters. The summed E-state index contributed by atoms with van der Waals surface area (Å²) in [5.41, 5.74) is 5.76. The number of halogens is 1. The molecule has 8 heteroatoms. The van der Waals surface area contributed by atoms with Crippen molar-refractivity contribution in [2.75, 3.05) is 19.8 Å². The van der Waals surface area contributed by atoms with Crippen LogP contribution < -0.4 is 10.1 Å². The molecule has 0 aliphatic rings. The Bertz CT molecular complexity index is 1070. The molecule has 0 saturated carbocycles. The number of nitrogens with one attached hydrogen (secondary N) is 1. The van der Waals surface area contributed by atoms with E-state index in [9.17, 15) is 4.57 Å². The maximum atomic E-state index is 10.5. The third-order valence-corrected chi connectivity index (χ3v) is 6.66. The van der Waals surface area contributed by atoms with E-state index in [0.717, 1.165) is 41.7 Å². The fraction of sp³-hybridized carbons (Fsp3) is 0.407. The van der Waals surface area contributed by atoms with Gasteiger partial charge < -0.3 is 14.5 Å². The molecule has 0 spiro atoms. The molecular weight excluding hydrogens is 529 g/mol. The minimum absolute atomic E-state index is 0.255. The first-order valence-corrected chi connectivity index (χ1v) is 13.9. The zero-order valence-electron chi connectivity index (χ0n) is 20.3. The molecule has 1 atom stereocenters. The van der Waals surface area contributed by atoms with Gasteiger partial charge in [-0.2, -0.15) is 0 Å². The minimum atomic E-state index is -2.52. The van der Waals surface area contributed by atoms with E-state index in [4.69, 9.17) is 14.0 Å². The summed E-state index contributed by atoms with van der Waals surface area (Å²) in [5, 5.41) is 3.33. The Morgan fingerprint density at radius 3 is 2.63 bits per heavy atom. The third kappa shape index (κ3) is 9.51. The van der Waals surface area contributed by atoms with Crippen molar-refractivity contribution < 1.29 is 23.1 Å². The maximum absolute atomic E-state index is 10.5. The van der Waals surface area contributed by atoms with Crippen LogP contribution in [0.2, 0.25) is 0 Å². The predicted molar refractivity (Wildman–Crippen MR) is 143 cm³/mol. The van der Waals surface area contributed by atoms with Crippen LogP contribution in [0.3, 0.4) is 0 Å². The summed E-state index contributed by atoms with van der Waals surface area (Å²) in [4.78, 5) is 8.66. The molecule has 1 aromatic heterocycles. The van der Waals surface area contributed by atoms with Crippen molar-refractivity contribution in [1.29, 1.82) is 0 Å². The number of hydrogen-bond acceptors (Lipinski definition) is 5. The van der Waals surface area contributed by atoms with Crippen LogP contribution in [0.15, 0.2) is 63.9 Å². The smallest absolute Gasteiger partial charge is 0.493 e. The van der Waals surface area contributed by atoms with Crippen molar-refractivity contribution in [3.63, 3.8) is 0 Å². The van der Waals surface area contributed by atoms with Gasteiger partial charge in [-0.15, -0.1) is 9.42 Å². The first-order valence-electron chi connectivity index (χ1n) is 12.0. The number of hydrogen-bond donors (Lipinski definition) is 2. The summed E-state index contributed by atoms with van der Waals surface area (Å²) in [5.74, 6) is 1.47. The van der Waals surface area contributed by atoms with E-state index in [1.54, 1.807) is 12.5 Å². The van der Waals surface area contributed by atoms with E-state index in [1.165, 1.54) is 15.6 Å². The van der Waals surface area contributed by atoms with Crippen molar-refractivity contribution in [1.82, 2.24) is 5.32 Å². The van der Waals surface area contributed by atoms with Gasteiger partial charge in [-0.1, -0.05) is 48.0 Å².